The van der Waals surface area contributed by atoms with Gasteiger partial charge in [0.25, 0.3) is 0 Å². The lowest BCUT2D eigenvalue weighted by molar-refractivity contribution is -0.192. The highest BCUT2D eigenvalue weighted by atomic mass is 19.3. The van der Waals surface area contributed by atoms with E-state index in [1.165, 1.54) is 23.8 Å². The lowest BCUT2D eigenvalue weighted by atomic mass is 10.2. The molecule has 0 bridgehead atoms. The predicted octanol–water partition coefficient (Wildman–Crippen LogP) is 1.20. The van der Waals surface area contributed by atoms with Gasteiger partial charge in [0.1, 0.15) is 5.75 Å². The smallest absolute Gasteiger partial charge is 0.425 e. The van der Waals surface area contributed by atoms with E-state index >= 15 is 0 Å². The summed E-state index contributed by atoms with van der Waals surface area (Å²) in [5, 5.41) is 0.379. The molecule has 0 radical (unpaired) electrons. The fraction of sp³-hybridized carbons (Fsp3) is 0.0909. The number of carbonyl (C=O) groups excluding carboxylic acids is 1. The third-order valence-corrected chi connectivity index (χ3v) is 2.24. The quantitative estimate of drug-likeness (QED) is 0.489. The number of nitrogens with zero attached hydrogens (tertiary/aromatic N) is 1. The Kier molecular flexibility index (Phi) is 3.07. The highest BCUT2D eigenvalue weighted by molar-refractivity contribution is 5.86. The van der Waals surface area contributed by atoms with Crippen LogP contribution >= 0.6 is 0 Å². The van der Waals surface area contributed by atoms with E-state index in [1.54, 1.807) is 18.2 Å². The van der Waals surface area contributed by atoms with Gasteiger partial charge in [-0.15, -0.1) is 0 Å². The summed E-state index contributed by atoms with van der Waals surface area (Å²) < 4.78 is 31.0. The van der Waals surface area contributed by atoms with Crippen molar-refractivity contribution < 1.29 is 18.3 Å². The zero-order valence-electron chi connectivity index (χ0n) is 9.06. The van der Waals surface area contributed by atoms with E-state index < -0.39 is 12.0 Å². The van der Waals surface area contributed by atoms with Gasteiger partial charge in [0.2, 0.25) is 0 Å². The Morgan fingerprint density at radius 2 is 2.11 bits per heavy atom. The topological polar surface area (TPSA) is 77.2 Å². The van der Waals surface area contributed by atoms with Gasteiger partial charge in [-0.05, 0) is 24.3 Å². The van der Waals surface area contributed by atoms with Crippen molar-refractivity contribution in [3.8, 4) is 5.75 Å². The van der Waals surface area contributed by atoms with Crippen LogP contribution in [0.1, 0.15) is 0 Å². The fourth-order valence-corrected chi connectivity index (χ4v) is 1.43. The van der Waals surface area contributed by atoms with Crippen LogP contribution in [0.15, 0.2) is 36.5 Å². The molecule has 1 aromatic heterocycles. The highest BCUT2D eigenvalue weighted by Gasteiger charge is 2.42. The van der Waals surface area contributed by atoms with Crippen molar-refractivity contribution in [2.24, 2.45) is 5.84 Å². The summed E-state index contributed by atoms with van der Waals surface area (Å²) in [6, 6.07) is 7.61. The van der Waals surface area contributed by atoms with Gasteiger partial charge in [0.05, 0.1) is 5.52 Å². The van der Waals surface area contributed by atoms with Crippen LogP contribution in [0, 0.1) is 0 Å². The lowest BCUT2D eigenvalue weighted by Crippen LogP contribution is -2.47. The summed E-state index contributed by atoms with van der Waals surface area (Å²) >= 11 is 0. The van der Waals surface area contributed by atoms with Crippen LogP contribution in [0.2, 0.25) is 0 Å². The van der Waals surface area contributed by atoms with Crippen molar-refractivity contribution in [1.29, 1.82) is 0 Å². The molecule has 7 heteroatoms. The Balaban J connectivity index is 2.41. The molecule has 3 N–H and O–H groups in total. The summed E-state index contributed by atoms with van der Waals surface area (Å²) in [6.45, 7) is 0. The van der Waals surface area contributed by atoms with Crippen LogP contribution < -0.4 is 16.0 Å². The monoisotopic (exact) mass is 253 g/mol. The number of pyridine rings is 1. The molecule has 0 spiro atoms. The van der Waals surface area contributed by atoms with Crippen molar-refractivity contribution in [1.82, 2.24) is 10.4 Å². The standard InChI is InChI=1S/C11H9F2N3O2/c12-11(13,10(17)16-14)18-9-5-1-4-8-7(9)3-2-6-15-8/h1-6H,14H2,(H,16,17). The average molecular weight is 253 g/mol. The van der Waals surface area contributed by atoms with Crippen LogP contribution in [0.25, 0.3) is 10.9 Å². The minimum atomic E-state index is -4.04. The first-order valence-electron chi connectivity index (χ1n) is 4.96. The Labute approximate surface area is 101 Å². The van der Waals surface area contributed by atoms with E-state index in [9.17, 15) is 13.6 Å². The van der Waals surface area contributed by atoms with Crippen LogP contribution in [-0.2, 0) is 4.79 Å². The number of carbonyl (C=O) groups is 1. The Bertz CT molecular complexity index is 584. The molecule has 0 aliphatic carbocycles. The van der Waals surface area contributed by atoms with E-state index in [1.807, 2.05) is 0 Å². The summed E-state index contributed by atoms with van der Waals surface area (Å²) in [4.78, 5) is 14.8. The van der Waals surface area contributed by atoms with Gasteiger partial charge in [0, 0.05) is 11.6 Å². The molecule has 1 amide bonds. The number of fused-ring (bicyclic) bond motifs is 1. The molecule has 0 fully saturated rings. The number of hydrogen-bond acceptors (Lipinski definition) is 4. The maximum atomic E-state index is 13.3. The molecule has 18 heavy (non-hydrogen) atoms. The maximum absolute atomic E-state index is 13.3. The van der Waals surface area contributed by atoms with Crippen molar-refractivity contribution >= 4 is 16.8 Å². The Morgan fingerprint density at radius 3 is 2.83 bits per heavy atom. The number of nitrogens with one attached hydrogen (secondary N) is 1. The van der Waals surface area contributed by atoms with Crippen molar-refractivity contribution in [3.05, 3.63) is 36.5 Å². The second-order valence-corrected chi connectivity index (χ2v) is 3.42. The predicted molar refractivity (Wildman–Crippen MR) is 59.6 cm³/mol. The summed E-state index contributed by atoms with van der Waals surface area (Å²) in [6.07, 6.45) is -2.52. The SMILES string of the molecule is NNC(=O)C(F)(F)Oc1cccc2ncccc12. The van der Waals surface area contributed by atoms with Crippen molar-refractivity contribution in [3.63, 3.8) is 0 Å². The number of hydrogen-bond donors (Lipinski definition) is 2. The first-order valence-corrected chi connectivity index (χ1v) is 4.96. The second-order valence-electron chi connectivity index (χ2n) is 3.42. The van der Waals surface area contributed by atoms with E-state index in [-0.39, 0.29) is 5.75 Å². The van der Waals surface area contributed by atoms with Crippen LogP contribution in [0.3, 0.4) is 0 Å². The molecule has 0 saturated heterocycles. The summed E-state index contributed by atoms with van der Waals surface area (Å²) in [7, 11) is 0. The maximum Gasteiger partial charge on any atom is 0.483 e. The van der Waals surface area contributed by atoms with Gasteiger partial charge >= 0.3 is 12.0 Å². The van der Waals surface area contributed by atoms with E-state index in [2.05, 4.69) is 15.6 Å². The van der Waals surface area contributed by atoms with E-state index in [4.69, 9.17) is 0 Å². The minimum absolute atomic E-state index is 0.144. The molecular weight excluding hydrogens is 244 g/mol. The summed E-state index contributed by atoms with van der Waals surface area (Å²) in [5.74, 6) is 2.79. The number of benzene rings is 1. The largest absolute Gasteiger partial charge is 0.483 e. The number of amides is 1. The summed E-state index contributed by atoms with van der Waals surface area (Å²) in [5.41, 5.74) is 1.83. The van der Waals surface area contributed by atoms with E-state index in [0.717, 1.165) is 0 Å². The Hall–Kier alpha value is -2.28. The molecular formula is C11H9F2N3O2. The zero-order valence-corrected chi connectivity index (χ0v) is 9.06. The van der Waals surface area contributed by atoms with Crippen molar-refractivity contribution in [2.75, 3.05) is 0 Å². The fourth-order valence-electron chi connectivity index (χ4n) is 1.43. The third-order valence-electron chi connectivity index (χ3n) is 2.24. The second kappa shape index (κ2) is 4.53. The van der Waals surface area contributed by atoms with Crippen LogP contribution in [-0.4, -0.2) is 17.0 Å². The van der Waals surface area contributed by atoms with Gasteiger partial charge in [0.15, 0.2) is 0 Å². The number of halogens is 2. The molecule has 0 aliphatic rings. The first-order chi connectivity index (χ1) is 8.54. The molecule has 1 heterocycles. The molecule has 0 aliphatic heterocycles. The van der Waals surface area contributed by atoms with Gasteiger partial charge in [-0.3, -0.25) is 15.2 Å². The molecule has 2 rings (SSSR count). The number of alkyl halides is 2. The highest BCUT2D eigenvalue weighted by Crippen LogP contribution is 2.28. The molecule has 0 unspecified atom stereocenters. The number of hydrazine groups is 1. The molecule has 5 nitrogen and oxygen atoms in total. The van der Waals surface area contributed by atoms with Crippen LogP contribution in [0.5, 0.6) is 5.75 Å². The molecule has 94 valence electrons. The number of ether oxygens (including phenoxy) is 1. The van der Waals surface area contributed by atoms with E-state index in [0.29, 0.717) is 10.9 Å². The lowest BCUT2D eigenvalue weighted by Gasteiger charge is -2.16. The third kappa shape index (κ3) is 2.21. The number of rotatable bonds is 3. The Morgan fingerprint density at radius 1 is 1.33 bits per heavy atom. The van der Waals surface area contributed by atoms with Gasteiger partial charge in [-0.25, -0.2) is 5.84 Å². The number of nitrogens with two attached hydrogens (primary N) is 1. The van der Waals surface area contributed by atoms with Gasteiger partial charge in [-0.2, -0.15) is 8.78 Å². The van der Waals surface area contributed by atoms with Gasteiger partial charge < -0.3 is 4.74 Å². The molecule has 0 saturated carbocycles. The zero-order chi connectivity index (χ0) is 13.2. The van der Waals surface area contributed by atoms with Gasteiger partial charge in [-0.1, -0.05) is 6.07 Å². The van der Waals surface area contributed by atoms with Crippen LogP contribution in [0.4, 0.5) is 8.78 Å². The number of aromatic nitrogens is 1. The molecule has 2 aromatic rings. The van der Waals surface area contributed by atoms with Crippen molar-refractivity contribution in [2.45, 2.75) is 6.11 Å². The molecule has 0 atom stereocenters. The first kappa shape index (κ1) is 12.2. The molecule has 1 aromatic carbocycles. The normalized spacial score (nSPS) is 11.3. The minimum Gasteiger partial charge on any atom is -0.425 e. The average Bonchev–Trinajstić information content (AvgIpc) is 2.38.